The van der Waals surface area contributed by atoms with Gasteiger partial charge in [0.25, 0.3) is 0 Å². The van der Waals surface area contributed by atoms with Crippen LogP contribution in [0.1, 0.15) is 38.7 Å². The van der Waals surface area contributed by atoms with E-state index >= 15 is 0 Å². The van der Waals surface area contributed by atoms with E-state index in [1.807, 2.05) is 19.1 Å². The molecule has 0 saturated carbocycles. The lowest BCUT2D eigenvalue weighted by atomic mass is 10.1. The van der Waals surface area contributed by atoms with Crippen LogP contribution in [0, 0.1) is 0 Å². The molecule has 2 aromatic carbocycles. The average Bonchev–Trinajstić information content (AvgIpc) is 2.87. The molecule has 9 nitrogen and oxygen atoms in total. The molecular weight excluding hydrogens is 502 g/mol. The number of benzene rings is 2. The number of piperidine rings is 1. The Morgan fingerprint density at radius 2 is 1.61 bits per heavy atom. The molecule has 1 saturated heterocycles. The van der Waals surface area contributed by atoms with Gasteiger partial charge in [-0.15, -0.1) is 0 Å². The van der Waals surface area contributed by atoms with Crippen molar-refractivity contribution in [3.05, 3.63) is 54.1 Å². The molecule has 1 fully saturated rings. The topological polar surface area (TPSA) is 113 Å². The second-order valence-corrected chi connectivity index (χ2v) is 12.6. The third-order valence-electron chi connectivity index (χ3n) is 6.13. The van der Waals surface area contributed by atoms with E-state index in [-0.39, 0.29) is 18.0 Å². The van der Waals surface area contributed by atoms with Crippen molar-refractivity contribution in [2.75, 3.05) is 36.8 Å². The molecule has 0 aliphatic carbocycles. The van der Waals surface area contributed by atoms with Gasteiger partial charge >= 0.3 is 0 Å². The molecule has 1 aliphatic rings. The van der Waals surface area contributed by atoms with E-state index in [1.54, 1.807) is 24.3 Å². The third kappa shape index (κ3) is 6.98. The Balaban J connectivity index is 1.53. The van der Waals surface area contributed by atoms with Crippen molar-refractivity contribution in [3.63, 3.8) is 0 Å². The number of aryl methyl sites for hydroxylation is 1. The zero-order chi connectivity index (χ0) is 26.3. The molecule has 198 valence electrons. The Morgan fingerprint density at radius 3 is 2.17 bits per heavy atom. The number of nitrogens with one attached hydrogen (secondary N) is 1. The number of anilines is 1. The molecule has 3 rings (SSSR count). The van der Waals surface area contributed by atoms with Crippen LogP contribution in [0.25, 0.3) is 0 Å². The molecule has 1 N–H and O–H groups in total. The molecule has 0 unspecified atom stereocenters. The van der Waals surface area contributed by atoms with Crippen LogP contribution >= 0.6 is 0 Å². The van der Waals surface area contributed by atoms with Gasteiger partial charge in [0, 0.05) is 13.1 Å². The minimum Gasteiger partial charge on any atom is -0.492 e. The summed E-state index contributed by atoms with van der Waals surface area (Å²) in [6.45, 7) is 4.92. The summed E-state index contributed by atoms with van der Waals surface area (Å²) in [5.74, 6) is 0.0234. The maximum Gasteiger partial charge on any atom is 0.243 e. The average molecular weight is 538 g/mol. The molecule has 11 heteroatoms. The highest BCUT2D eigenvalue weighted by Gasteiger charge is 2.29. The monoisotopic (exact) mass is 537 g/mol. The molecule has 0 bridgehead atoms. The van der Waals surface area contributed by atoms with E-state index < -0.39 is 32.0 Å². The number of sulfonamides is 2. The van der Waals surface area contributed by atoms with E-state index in [1.165, 1.54) is 23.4 Å². The predicted octanol–water partition coefficient (Wildman–Crippen LogP) is 2.77. The SMILES string of the molecule is CCc1ccc(N([C@H](C)C(=O)NCCOc2ccc(S(=O)(=O)N3CCCCC3)cc2)S(C)(=O)=O)cc1. The molecule has 36 heavy (non-hydrogen) atoms. The van der Waals surface area contributed by atoms with Gasteiger partial charge in [-0.3, -0.25) is 9.10 Å². The van der Waals surface area contributed by atoms with Gasteiger partial charge in [-0.2, -0.15) is 4.31 Å². The van der Waals surface area contributed by atoms with Crippen molar-refractivity contribution < 1.29 is 26.4 Å². The molecule has 2 aromatic rings. The van der Waals surface area contributed by atoms with Crippen molar-refractivity contribution in [2.45, 2.75) is 50.5 Å². The molecule has 1 aliphatic heterocycles. The summed E-state index contributed by atoms with van der Waals surface area (Å²) in [7, 11) is -7.20. The number of hydrogen-bond donors (Lipinski definition) is 1. The number of carbonyl (C=O) groups is 1. The Kier molecular flexibility index (Phi) is 9.37. The van der Waals surface area contributed by atoms with E-state index in [2.05, 4.69) is 5.32 Å². The predicted molar refractivity (Wildman–Crippen MR) is 140 cm³/mol. The van der Waals surface area contributed by atoms with Gasteiger partial charge in [0.05, 0.1) is 23.4 Å². The van der Waals surface area contributed by atoms with Crippen molar-refractivity contribution in [1.82, 2.24) is 9.62 Å². The first-order valence-corrected chi connectivity index (χ1v) is 15.4. The Labute approximate surface area is 214 Å². The largest absolute Gasteiger partial charge is 0.492 e. The van der Waals surface area contributed by atoms with Crippen LogP contribution in [0.2, 0.25) is 0 Å². The molecule has 0 radical (unpaired) electrons. The fourth-order valence-electron chi connectivity index (χ4n) is 4.14. The van der Waals surface area contributed by atoms with Crippen molar-refractivity contribution in [3.8, 4) is 5.75 Å². The van der Waals surface area contributed by atoms with Crippen LogP contribution < -0.4 is 14.4 Å². The Bertz CT molecular complexity index is 1220. The summed E-state index contributed by atoms with van der Waals surface area (Å²) in [4.78, 5) is 12.9. The second-order valence-electron chi connectivity index (χ2n) is 8.83. The van der Waals surface area contributed by atoms with Gasteiger partial charge in [0.1, 0.15) is 18.4 Å². The standard InChI is InChI=1S/C25H35N3O6S2/c1-4-21-8-10-22(11-9-21)28(35(3,30)31)20(2)25(29)26-16-19-34-23-12-14-24(15-13-23)36(32,33)27-17-6-5-7-18-27/h8-15,20H,4-7,16-19H2,1-3H3,(H,26,29)/t20-/m1/s1. The van der Waals surface area contributed by atoms with E-state index in [9.17, 15) is 21.6 Å². The summed E-state index contributed by atoms with van der Waals surface area (Å²) in [5, 5.41) is 2.70. The van der Waals surface area contributed by atoms with Crippen LogP contribution in [0.4, 0.5) is 5.69 Å². The fourth-order valence-corrected chi connectivity index (χ4v) is 6.83. The van der Waals surface area contributed by atoms with E-state index in [0.717, 1.165) is 41.8 Å². The second kappa shape index (κ2) is 12.1. The van der Waals surface area contributed by atoms with Gasteiger partial charge < -0.3 is 10.1 Å². The Morgan fingerprint density at radius 1 is 1.00 bits per heavy atom. The van der Waals surface area contributed by atoms with Crippen LogP contribution in [0.5, 0.6) is 5.75 Å². The van der Waals surface area contributed by atoms with Crippen LogP contribution in [0.3, 0.4) is 0 Å². The van der Waals surface area contributed by atoms with E-state index in [4.69, 9.17) is 4.74 Å². The van der Waals surface area contributed by atoms with Crippen LogP contribution in [-0.4, -0.2) is 65.6 Å². The van der Waals surface area contributed by atoms with Crippen LogP contribution in [-0.2, 0) is 31.3 Å². The molecule has 1 heterocycles. The highest BCUT2D eigenvalue weighted by Crippen LogP contribution is 2.23. The number of rotatable bonds is 11. The summed E-state index contributed by atoms with van der Waals surface area (Å²) in [5.41, 5.74) is 1.49. The minimum atomic E-state index is -3.69. The summed E-state index contributed by atoms with van der Waals surface area (Å²) in [6, 6.07) is 12.3. The number of amides is 1. The number of carbonyl (C=O) groups excluding carboxylic acids is 1. The van der Waals surface area contributed by atoms with Crippen LogP contribution in [0.15, 0.2) is 53.4 Å². The van der Waals surface area contributed by atoms with Gasteiger partial charge in [0.2, 0.25) is 26.0 Å². The summed E-state index contributed by atoms with van der Waals surface area (Å²) in [6.07, 6.45) is 4.69. The first kappa shape index (κ1) is 27.9. The van der Waals surface area contributed by atoms with Gasteiger partial charge in [-0.25, -0.2) is 16.8 Å². The molecule has 0 aromatic heterocycles. The van der Waals surface area contributed by atoms with Gasteiger partial charge in [-0.1, -0.05) is 25.5 Å². The lowest BCUT2D eigenvalue weighted by Crippen LogP contribution is -2.48. The lowest BCUT2D eigenvalue weighted by Gasteiger charge is -2.28. The number of hydrogen-bond acceptors (Lipinski definition) is 6. The first-order valence-electron chi connectivity index (χ1n) is 12.1. The van der Waals surface area contributed by atoms with Gasteiger partial charge in [0.15, 0.2) is 0 Å². The van der Waals surface area contributed by atoms with Gasteiger partial charge in [-0.05, 0) is 68.1 Å². The normalized spacial score (nSPS) is 15.8. The van der Waals surface area contributed by atoms with E-state index in [0.29, 0.717) is 24.5 Å². The molecular formula is C25H35N3O6S2. The first-order chi connectivity index (χ1) is 17.0. The van der Waals surface area contributed by atoms with Crippen molar-refractivity contribution >= 4 is 31.6 Å². The molecule has 0 spiro atoms. The lowest BCUT2D eigenvalue weighted by molar-refractivity contribution is -0.121. The maximum absolute atomic E-state index is 12.7. The molecule has 1 amide bonds. The zero-order valence-electron chi connectivity index (χ0n) is 21.0. The quantitative estimate of drug-likeness (QED) is 0.441. The number of nitrogens with zero attached hydrogens (tertiary/aromatic N) is 2. The van der Waals surface area contributed by atoms with Crippen molar-refractivity contribution in [1.29, 1.82) is 0 Å². The minimum absolute atomic E-state index is 0.140. The highest BCUT2D eigenvalue weighted by atomic mass is 32.2. The summed E-state index contributed by atoms with van der Waals surface area (Å²) < 4.78 is 58.6. The smallest absolute Gasteiger partial charge is 0.243 e. The zero-order valence-corrected chi connectivity index (χ0v) is 22.6. The fraction of sp³-hybridized carbons (Fsp3) is 0.480. The van der Waals surface area contributed by atoms with Crippen molar-refractivity contribution in [2.24, 2.45) is 0 Å². The third-order valence-corrected chi connectivity index (χ3v) is 9.29. The highest BCUT2D eigenvalue weighted by molar-refractivity contribution is 7.92. The maximum atomic E-state index is 12.7. The Hall–Kier alpha value is -2.63. The number of ether oxygens (including phenoxy) is 1. The summed E-state index contributed by atoms with van der Waals surface area (Å²) >= 11 is 0. The molecule has 1 atom stereocenters.